The minimum absolute atomic E-state index is 0.130. The molecule has 0 N–H and O–H groups in total. The lowest BCUT2D eigenvalue weighted by Crippen LogP contribution is -2.17. The molecule has 1 aliphatic rings. The highest BCUT2D eigenvalue weighted by atomic mass is 15.1. The Kier molecular flexibility index (Phi) is 7.54. The molecule has 0 saturated carbocycles. The molecule has 0 fully saturated rings. The molecule has 0 spiro atoms. The molecule has 6 aromatic carbocycles. The van der Waals surface area contributed by atoms with Gasteiger partial charge in [-0.15, -0.1) is 0 Å². The molecule has 0 bridgehead atoms. The van der Waals surface area contributed by atoms with Crippen molar-refractivity contribution in [1.82, 2.24) is 0 Å². The van der Waals surface area contributed by atoms with Crippen molar-refractivity contribution in [3.05, 3.63) is 181 Å². The summed E-state index contributed by atoms with van der Waals surface area (Å²) in [4.78, 5) is 2.40. The Bertz CT molecular complexity index is 2080. The van der Waals surface area contributed by atoms with Crippen LogP contribution in [0.1, 0.15) is 43.0 Å². The van der Waals surface area contributed by atoms with Gasteiger partial charge < -0.3 is 4.90 Å². The van der Waals surface area contributed by atoms with Crippen molar-refractivity contribution < 1.29 is 0 Å². The molecule has 0 aromatic heterocycles. The van der Waals surface area contributed by atoms with Gasteiger partial charge in [-0.25, -0.2) is 0 Å². The van der Waals surface area contributed by atoms with Gasteiger partial charge in [0.1, 0.15) is 0 Å². The van der Waals surface area contributed by atoms with Crippen LogP contribution < -0.4 is 4.90 Å². The molecular formula is C45H39N. The lowest BCUT2D eigenvalue weighted by Gasteiger charge is -2.28. The summed E-state index contributed by atoms with van der Waals surface area (Å²) < 4.78 is 0. The van der Waals surface area contributed by atoms with Crippen LogP contribution in [0.25, 0.3) is 39.0 Å². The Labute approximate surface area is 273 Å². The van der Waals surface area contributed by atoms with Gasteiger partial charge in [0.05, 0.1) is 0 Å². The molecule has 224 valence electrons. The van der Waals surface area contributed by atoms with Gasteiger partial charge in [0, 0.05) is 22.5 Å². The Balaban J connectivity index is 1.37. The number of benzene rings is 6. The molecule has 7 rings (SSSR count). The number of anilines is 3. The highest BCUT2D eigenvalue weighted by molar-refractivity contribution is 5.88. The summed E-state index contributed by atoms with van der Waals surface area (Å²) in [6, 6.07) is 50.9. The maximum absolute atomic E-state index is 3.93. The number of hydrogen-bond donors (Lipinski definition) is 0. The third kappa shape index (κ3) is 5.18. The van der Waals surface area contributed by atoms with Gasteiger partial charge in [0.25, 0.3) is 0 Å². The van der Waals surface area contributed by atoms with Crippen LogP contribution in [0.2, 0.25) is 0 Å². The number of rotatable bonds is 7. The fourth-order valence-electron chi connectivity index (χ4n) is 7.04. The zero-order valence-corrected chi connectivity index (χ0v) is 27.1. The zero-order chi connectivity index (χ0) is 31.8. The van der Waals surface area contributed by atoms with Crippen molar-refractivity contribution in [3.8, 4) is 33.4 Å². The lowest BCUT2D eigenvalue weighted by molar-refractivity contribution is 0.659. The Hall–Kier alpha value is -5.40. The average molecular weight is 594 g/mol. The molecule has 0 aliphatic heterocycles. The molecule has 6 aromatic rings. The molecule has 0 heterocycles. The van der Waals surface area contributed by atoms with Gasteiger partial charge in [-0.3, -0.25) is 0 Å². The van der Waals surface area contributed by atoms with E-state index in [1.165, 1.54) is 61.2 Å². The fourth-order valence-corrected chi connectivity index (χ4v) is 7.04. The number of allylic oxidation sites excluding steroid dienone is 3. The van der Waals surface area contributed by atoms with Gasteiger partial charge >= 0.3 is 0 Å². The second-order valence-electron chi connectivity index (χ2n) is 12.8. The first kappa shape index (κ1) is 29.3. The quantitative estimate of drug-likeness (QED) is 0.166. The predicted octanol–water partition coefficient (Wildman–Crippen LogP) is 12.7. The minimum Gasteiger partial charge on any atom is -0.310 e. The SMILES string of the molecule is C=CC=C(C)c1cc2c(cc1C)C(C)(C)c1cc(N(c3ccc(-c4ccccc4)cc3)c3cccc(-c4ccccc4)c3)ccc1-2. The molecule has 1 heteroatoms. The van der Waals surface area contributed by atoms with Crippen LogP contribution in [-0.2, 0) is 5.41 Å². The topological polar surface area (TPSA) is 3.24 Å². The molecule has 0 unspecified atom stereocenters. The smallest absolute Gasteiger partial charge is 0.0467 e. The van der Waals surface area contributed by atoms with E-state index < -0.39 is 0 Å². The Morgan fingerprint density at radius 3 is 1.80 bits per heavy atom. The van der Waals surface area contributed by atoms with Gasteiger partial charge in [0.15, 0.2) is 0 Å². The third-order valence-electron chi connectivity index (χ3n) is 9.50. The van der Waals surface area contributed by atoms with Crippen LogP contribution in [0.15, 0.2) is 158 Å². The number of nitrogens with zero attached hydrogens (tertiary/aromatic N) is 1. The van der Waals surface area contributed by atoms with E-state index in [9.17, 15) is 0 Å². The second-order valence-corrected chi connectivity index (χ2v) is 12.8. The largest absolute Gasteiger partial charge is 0.310 e. The molecule has 0 atom stereocenters. The van der Waals surface area contributed by atoms with E-state index in [0.29, 0.717) is 0 Å². The Morgan fingerprint density at radius 2 is 1.13 bits per heavy atom. The highest BCUT2D eigenvalue weighted by Gasteiger charge is 2.36. The summed E-state index contributed by atoms with van der Waals surface area (Å²) in [5.41, 5.74) is 17.3. The van der Waals surface area contributed by atoms with Gasteiger partial charge in [-0.2, -0.15) is 0 Å². The van der Waals surface area contributed by atoms with Gasteiger partial charge in [-0.05, 0) is 118 Å². The van der Waals surface area contributed by atoms with Crippen LogP contribution in [0.4, 0.5) is 17.1 Å². The average Bonchev–Trinajstić information content (AvgIpc) is 3.30. The molecular weight excluding hydrogens is 555 g/mol. The predicted molar refractivity (Wildman–Crippen MR) is 198 cm³/mol. The van der Waals surface area contributed by atoms with E-state index >= 15 is 0 Å². The maximum atomic E-state index is 3.93. The first-order valence-electron chi connectivity index (χ1n) is 16.1. The first-order chi connectivity index (χ1) is 22.3. The normalized spacial score (nSPS) is 13.2. The number of hydrogen-bond acceptors (Lipinski definition) is 1. The van der Waals surface area contributed by atoms with Crippen LogP contribution in [0.3, 0.4) is 0 Å². The third-order valence-corrected chi connectivity index (χ3v) is 9.50. The first-order valence-corrected chi connectivity index (χ1v) is 16.1. The molecule has 0 saturated heterocycles. The standard InChI is InChI=1S/C45H39N/c1-6-14-31(2)41-30-42-40-26-25-39(29-44(40)45(4,5)43(42)27-32(41)3)46(37-23-21-35(22-24-37)33-15-9-7-10-16-33)38-20-13-19-36(28-38)34-17-11-8-12-18-34/h6-30H,1H2,2-5H3. The maximum Gasteiger partial charge on any atom is 0.0467 e. The van der Waals surface area contributed by atoms with Crippen molar-refractivity contribution in [3.63, 3.8) is 0 Å². The van der Waals surface area contributed by atoms with Crippen molar-refractivity contribution in [2.45, 2.75) is 33.1 Å². The van der Waals surface area contributed by atoms with Crippen LogP contribution >= 0.6 is 0 Å². The van der Waals surface area contributed by atoms with Crippen molar-refractivity contribution in [2.75, 3.05) is 4.90 Å². The minimum atomic E-state index is -0.130. The molecule has 1 aliphatic carbocycles. The lowest BCUT2D eigenvalue weighted by atomic mass is 9.81. The van der Waals surface area contributed by atoms with Gasteiger partial charge in [-0.1, -0.05) is 130 Å². The van der Waals surface area contributed by atoms with Crippen LogP contribution in [0.5, 0.6) is 0 Å². The number of aryl methyl sites for hydroxylation is 1. The van der Waals surface area contributed by atoms with Crippen molar-refractivity contribution in [2.24, 2.45) is 0 Å². The van der Waals surface area contributed by atoms with Crippen LogP contribution in [0, 0.1) is 6.92 Å². The monoisotopic (exact) mass is 593 g/mol. The van der Waals surface area contributed by atoms with E-state index in [4.69, 9.17) is 0 Å². The Morgan fingerprint density at radius 1 is 0.565 bits per heavy atom. The molecule has 46 heavy (non-hydrogen) atoms. The van der Waals surface area contributed by atoms with Crippen molar-refractivity contribution in [1.29, 1.82) is 0 Å². The molecule has 0 radical (unpaired) electrons. The summed E-state index contributed by atoms with van der Waals surface area (Å²) >= 11 is 0. The van der Waals surface area contributed by atoms with E-state index in [2.05, 4.69) is 185 Å². The van der Waals surface area contributed by atoms with E-state index in [-0.39, 0.29) is 5.41 Å². The highest BCUT2D eigenvalue weighted by Crippen LogP contribution is 2.52. The molecule has 0 amide bonds. The van der Waals surface area contributed by atoms with Gasteiger partial charge in [0.2, 0.25) is 0 Å². The summed E-state index contributed by atoms with van der Waals surface area (Å²) in [6.07, 6.45) is 3.98. The van der Waals surface area contributed by atoms with Crippen molar-refractivity contribution >= 4 is 22.6 Å². The summed E-state index contributed by atoms with van der Waals surface area (Å²) in [5, 5.41) is 0. The number of fused-ring (bicyclic) bond motifs is 3. The fraction of sp³-hybridized carbons (Fsp3) is 0.111. The summed E-state index contributed by atoms with van der Waals surface area (Å²) in [5.74, 6) is 0. The summed E-state index contributed by atoms with van der Waals surface area (Å²) in [6.45, 7) is 13.0. The molecule has 1 nitrogen and oxygen atoms in total. The zero-order valence-electron chi connectivity index (χ0n) is 27.1. The van der Waals surface area contributed by atoms with E-state index in [1.807, 2.05) is 6.08 Å². The van der Waals surface area contributed by atoms with E-state index in [1.54, 1.807) is 0 Å². The van der Waals surface area contributed by atoms with E-state index in [0.717, 1.165) is 17.1 Å². The van der Waals surface area contributed by atoms with Crippen LogP contribution in [-0.4, -0.2) is 0 Å². The second kappa shape index (κ2) is 11.8. The summed E-state index contributed by atoms with van der Waals surface area (Å²) in [7, 11) is 0.